The fourth-order valence-electron chi connectivity index (χ4n) is 3.34. The Kier molecular flexibility index (Phi) is 5.35. The van der Waals surface area contributed by atoms with E-state index in [2.05, 4.69) is 15.3 Å². The molecule has 0 aromatic carbocycles. The molecular weight excluding hydrogens is 469 g/mol. The lowest BCUT2D eigenvalue weighted by atomic mass is 9.94. The number of alkyl halides is 5. The van der Waals surface area contributed by atoms with Gasteiger partial charge in [0.1, 0.15) is 10.8 Å². The van der Waals surface area contributed by atoms with E-state index in [0.717, 1.165) is 23.4 Å². The Morgan fingerprint density at radius 3 is 2.67 bits per heavy atom. The molecule has 0 radical (unpaired) electrons. The molecule has 1 aliphatic heterocycles. The average Bonchev–Trinajstić information content (AvgIpc) is 2.73. The normalized spacial score (nSPS) is 22.0. The van der Waals surface area contributed by atoms with Crippen LogP contribution >= 0.6 is 0 Å². The van der Waals surface area contributed by atoms with Gasteiger partial charge in [-0.3, -0.25) is 4.79 Å². The number of pyridine rings is 2. The van der Waals surface area contributed by atoms with Crippen LogP contribution in [0.5, 0.6) is 0 Å². The number of piperidine rings is 1. The first-order chi connectivity index (χ1) is 16.3. The topological polar surface area (TPSA) is 99.0 Å². The summed E-state index contributed by atoms with van der Waals surface area (Å²) in [4.78, 5) is 21.9. The molecule has 2 aromatic heterocycles. The summed E-state index contributed by atoms with van der Waals surface area (Å²) in [6.07, 6.45) is -3.41. The van der Waals surface area contributed by atoms with E-state index in [0.29, 0.717) is 0 Å². The molecule has 0 spiro atoms. The van der Waals surface area contributed by atoms with Gasteiger partial charge in [0.05, 0.1) is 20.9 Å². The number of aromatic nitrogens is 2. The molecule has 2 aromatic rings. The summed E-state index contributed by atoms with van der Waals surface area (Å²) < 4.78 is 112. The third-order valence-electron chi connectivity index (χ3n) is 5.21. The van der Waals surface area contributed by atoms with Crippen molar-refractivity contribution in [3.63, 3.8) is 0 Å². The summed E-state index contributed by atoms with van der Waals surface area (Å²) in [5.41, 5.74) is -4.05. The van der Waals surface area contributed by atoms with Gasteiger partial charge in [0.25, 0.3) is 11.8 Å². The van der Waals surface area contributed by atoms with E-state index in [4.69, 9.17) is 8.89 Å². The minimum Gasteiger partial charge on any atom is -0.355 e. The maximum Gasteiger partial charge on any atom is 0.418 e. The van der Waals surface area contributed by atoms with Gasteiger partial charge < -0.3 is 10.2 Å². The summed E-state index contributed by atoms with van der Waals surface area (Å²) in [5.74, 6) is -6.10. The van der Waals surface area contributed by atoms with Crippen molar-refractivity contribution in [1.29, 1.82) is 4.78 Å². The fraction of sp³-hybridized carbons (Fsp3) is 0.450. The molecule has 2 atom stereocenters. The maximum absolute atomic E-state index is 14.0. The zero-order valence-corrected chi connectivity index (χ0v) is 18.3. The summed E-state index contributed by atoms with van der Waals surface area (Å²) in [6, 6.07) is 2.26. The number of halogens is 5. The molecule has 180 valence electrons. The predicted octanol–water partition coefficient (Wildman–Crippen LogP) is 4.57. The Balaban J connectivity index is 2.20. The monoisotopic (exact) mass is 494 g/mol. The second-order valence-electron chi connectivity index (χ2n) is 7.78. The number of hydrogen-bond acceptors (Lipinski definition) is 6. The van der Waals surface area contributed by atoms with E-state index in [1.807, 2.05) is 0 Å². The second kappa shape index (κ2) is 8.50. The molecule has 3 heterocycles. The van der Waals surface area contributed by atoms with Gasteiger partial charge in [-0.15, -0.1) is 0 Å². The van der Waals surface area contributed by atoms with Gasteiger partial charge in [-0.1, -0.05) is 6.92 Å². The van der Waals surface area contributed by atoms with Gasteiger partial charge in [0.15, 0.2) is 0 Å². The zero-order valence-electron chi connectivity index (χ0n) is 20.5. The van der Waals surface area contributed by atoms with Crippen molar-refractivity contribution in [3.8, 4) is 0 Å². The van der Waals surface area contributed by atoms with Crippen molar-refractivity contribution >= 4 is 27.1 Å². The van der Waals surface area contributed by atoms with Crippen LogP contribution in [-0.4, -0.2) is 45.4 Å². The Hall–Kier alpha value is -2.83. The van der Waals surface area contributed by atoms with Crippen molar-refractivity contribution in [3.05, 3.63) is 41.2 Å². The van der Waals surface area contributed by atoms with Crippen molar-refractivity contribution in [2.75, 3.05) is 29.6 Å². The van der Waals surface area contributed by atoms with Gasteiger partial charge >= 0.3 is 6.18 Å². The van der Waals surface area contributed by atoms with Crippen molar-refractivity contribution in [2.45, 2.75) is 37.3 Å². The molecular formula is C20H22F5N5O2S. The van der Waals surface area contributed by atoms with Crippen LogP contribution in [0.2, 0.25) is 0 Å². The number of rotatable bonds is 4. The lowest BCUT2D eigenvalue weighted by Crippen LogP contribution is -2.47. The number of carbonyl (C=O) groups is 1. The Bertz CT molecular complexity index is 1290. The lowest BCUT2D eigenvalue weighted by Gasteiger charge is -2.38. The largest absolute Gasteiger partial charge is 0.418 e. The highest BCUT2D eigenvalue weighted by molar-refractivity contribution is 7.91. The highest BCUT2D eigenvalue weighted by atomic mass is 32.2. The van der Waals surface area contributed by atoms with Crippen LogP contribution < -0.4 is 10.2 Å². The van der Waals surface area contributed by atoms with E-state index >= 15 is 0 Å². The molecule has 1 amide bonds. The highest BCUT2D eigenvalue weighted by Gasteiger charge is 2.43. The molecule has 0 unspecified atom stereocenters. The van der Waals surface area contributed by atoms with Gasteiger partial charge in [-0.05, 0) is 24.5 Å². The molecule has 1 aliphatic rings. The van der Waals surface area contributed by atoms with E-state index in [1.165, 1.54) is 13.0 Å². The first-order valence-electron chi connectivity index (χ1n) is 11.1. The van der Waals surface area contributed by atoms with Crippen molar-refractivity contribution < 1.29 is 35.1 Å². The van der Waals surface area contributed by atoms with E-state index in [-0.39, 0.29) is 30.0 Å². The molecule has 7 nitrogen and oxygen atoms in total. The number of nitrogens with one attached hydrogen (secondary N) is 2. The quantitative estimate of drug-likeness (QED) is 0.607. The standard InChI is InChI=1S/C20H22F5N5O2S/c1-11-10-30(7-5-19(11,21)22)17-16(12(2)14(9-28-17)20(23,24)25)18(31)29-13-4-6-27-15(8-13)33(3,26)32/h4,6,8-9,11,26H,5,7,10H2,1-3H3,(H,27,29,31)/t11-,33+/m0/s1/i2D3. The summed E-state index contributed by atoms with van der Waals surface area (Å²) in [7, 11) is -3.32. The number of carbonyl (C=O) groups excluding carboxylic acids is 1. The number of nitrogens with zero attached hydrogens (tertiary/aromatic N) is 3. The lowest BCUT2D eigenvalue weighted by molar-refractivity contribution is -0.138. The predicted molar refractivity (Wildman–Crippen MR) is 112 cm³/mol. The first kappa shape index (κ1) is 20.8. The molecule has 0 bridgehead atoms. The van der Waals surface area contributed by atoms with Crippen molar-refractivity contribution in [2.24, 2.45) is 5.92 Å². The highest BCUT2D eigenvalue weighted by Crippen LogP contribution is 2.39. The molecule has 0 aliphatic carbocycles. The van der Waals surface area contributed by atoms with Gasteiger partial charge in [0.2, 0.25) is 0 Å². The third-order valence-corrected chi connectivity index (χ3v) is 6.23. The SMILES string of the molecule is [2H]C([2H])([2H])c1c(C(F)(F)F)cnc(N2CCC(F)(F)[C@@H](C)C2)c1C(=O)Nc1ccnc([S@](C)(=N)=O)c1. The molecule has 1 fully saturated rings. The van der Waals surface area contributed by atoms with Crippen LogP contribution in [-0.2, 0) is 15.9 Å². The summed E-state index contributed by atoms with van der Waals surface area (Å²) in [6.45, 7) is -2.97. The molecule has 33 heavy (non-hydrogen) atoms. The van der Waals surface area contributed by atoms with Crippen LogP contribution in [0.4, 0.5) is 33.5 Å². The van der Waals surface area contributed by atoms with E-state index in [9.17, 15) is 31.0 Å². The van der Waals surface area contributed by atoms with Gasteiger partial charge in [-0.25, -0.2) is 27.7 Å². The van der Waals surface area contributed by atoms with Crippen LogP contribution in [0.3, 0.4) is 0 Å². The molecule has 13 heteroatoms. The Morgan fingerprint density at radius 1 is 1.39 bits per heavy atom. The van der Waals surface area contributed by atoms with Crippen LogP contribution in [0, 0.1) is 17.5 Å². The summed E-state index contributed by atoms with van der Waals surface area (Å²) in [5, 5.41) is 2.02. The molecule has 3 rings (SSSR count). The number of hydrogen-bond donors (Lipinski definition) is 2. The Labute approximate surface area is 191 Å². The number of anilines is 2. The second-order valence-corrected chi connectivity index (χ2v) is 9.89. The Morgan fingerprint density at radius 2 is 2.09 bits per heavy atom. The van der Waals surface area contributed by atoms with E-state index < -0.39 is 69.4 Å². The summed E-state index contributed by atoms with van der Waals surface area (Å²) >= 11 is 0. The zero-order chi connectivity index (χ0) is 27.3. The van der Waals surface area contributed by atoms with Crippen LogP contribution in [0.1, 0.15) is 38.9 Å². The van der Waals surface area contributed by atoms with Crippen molar-refractivity contribution in [1.82, 2.24) is 9.97 Å². The smallest absolute Gasteiger partial charge is 0.355 e. The number of amides is 1. The third kappa shape index (κ3) is 5.23. The van der Waals surface area contributed by atoms with Crippen LogP contribution in [0.15, 0.2) is 29.6 Å². The molecule has 1 saturated heterocycles. The van der Waals surface area contributed by atoms with E-state index in [1.54, 1.807) is 0 Å². The van der Waals surface area contributed by atoms with Gasteiger partial charge in [0, 0.05) is 53.9 Å². The fourth-order valence-corrected chi connectivity index (χ4v) is 3.96. The maximum atomic E-state index is 14.0. The van der Waals surface area contributed by atoms with Gasteiger partial charge in [-0.2, -0.15) is 13.2 Å². The average molecular weight is 495 g/mol. The molecule has 2 N–H and O–H groups in total. The van der Waals surface area contributed by atoms with Crippen LogP contribution in [0.25, 0.3) is 0 Å². The minimum atomic E-state index is -5.19. The minimum absolute atomic E-state index is 0.120. The first-order valence-corrected chi connectivity index (χ1v) is 11.5. The molecule has 0 saturated carbocycles.